The van der Waals surface area contributed by atoms with Crippen molar-refractivity contribution in [2.24, 2.45) is 5.41 Å². The molecule has 2 heterocycles. The van der Waals surface area contributed by atoms with Crippen LogP contribution in [0.1, 0.15) is 43.6 Å². The number of nitrogens with one attached hydrogen (secondary N) is 2. The molecule has 2 fully saturated rings. The number of aromatic nitrogens is 1. The summed E-state index contributed by atoms with van der Waals surface area (Å²) in [5.41, 5.74) is 2.95. The molecule has 7 heteroatoms. The van der Waals surface area contributed by atoms with E-state index in [9.17, 15) is 4.79 Å². The van der Waals surface area contributed by atoms with Crippen molar-refractivity contribution in [2.45, 2.75) is 52.0 Å². The lowest BCUT2D eigenvalue weighted by molar-refractivity contribution is -0.122. The second-order valence-electron chi connectivity index (χ2n) is 8.54. The normalized spacial score (nSPS) is 20.0. The Morgan fingerprint density at radius 1 is 1.33 bits per heavy atom. The number of aryl methyl sites for hydroxylation is 2. The maximum Gasteiger partial charge on any atom is 0.232 e. The lowest BCUT2D eigenvalue weighted by Crippen LogP contribution is -2.38. The van der Waals surface area contributed by atoms with Crippen LogP contribution in [0.15, 0.2) is 22.7 Å². The molecule has 1 atom stereocenters. The molecule has 0 radical (unpaired) electrons. The average molecular weight is 414 g/mol. The van der Waals surface area contributed by atoms with Gasteiger partial charge in [-0.3, -0.25) is 4.79 Å². The molecular formula is C23H31N3O4. The van der Waals surface area contributed by atoms with Crippen molar-refractivity contribution < 1.29 is 18.8 Å². The van der Waals surface area contributed by atoms with Gasteiger partial charge in [0.2, 0.25) is 5.91 Å². The zero-order chi connectivity index (χ0) is 21.1. The molecule has 4 rings (SSSR count). The van der Waals surface area contributed by atoms with Crippen molar-refractivity contribution in [3.8, 4) is 16.9 Å². The van der Waals surface area contributed by atoms with Gasteiger partial charge in [-0.25, -0.2) is 0 Å². The van der Waals surface area contributed by atoms with Gasteiger partial charge in [0.05, 0.1) is 23.3 Å². The molecule has 2 aromatic rings. The zero-order valence-electron chi connectivity index (χ0n) is 18.0. The van der Waals surface area contributed by atoms with Gasteiger partial charge in [-0.15, -0.1) is 0 Å². The number of methoxy groups -OCH3 is 1. The Labute approximate surface area is 177 Å². The number of ether oxygens (including phenoxy) is 2. The number of hydrogen-bond acceptors (Lipinski definition) is 6. The quantitative estimate of drug-likeness (QED) is 0.684. The van der Waals surface area contributed by atoms with E-state index in [1.54, 1.807) is 7.11 Å². The third-order valence-electron chi connectivity index (χ3n) is 6.15. The molecule has 1 aromatic heterocycles. The number of anilines is 1. The molecule has 7 nitrogen and oxygen atoms in total. The molecule has 1 saturated heterocycles. The molecule has 2 N–H and O–H groups in total. The molecule has 2 aliphatic rings. The van der Waals surface area contributed by atoms with Crippen molar-refractivity contribution in [2.75, 3.05) is 32.2 Å². The first-order chi connectivity index (χ1) is 14.5. The average Bonchev–Trinajstić information content (AvgIpc) is 3.46. The van der Waals surface area contributed by atoms with Crippen molar-refractivity contribution >= 4 is 11.6 Å². The van der Waals surface area contributed by atoms with E-state index in [1.807, 2.05) is 32.0 Å². The number of carbonyl (C=O) groups excluding carboxylic acids is 1. The Bertz CT molecular complexity index is 878. The minimum atomic E-state index is -0.389. The lowest BCUT2D eigenvalue weighted by atomic mass is 10.0. The maximum atomic E-state index is 12.8. The largest absolute Gasteiger partial charge is 0.491 e. The van der Waals surface area contributed by atoms with Gasteiger partial charge in [-0.2, -0.15) is 0 Å². The Hall–Kier alpha value is -2.38. The molecule has 0 bridgehead atoms. The number of hydrogen-bond donors (Lipinski definition) is 2. The van der Waals surface area contributed by atoms with Crippen molar-refractivity contribution in [1.29, 1.82) is 0 Å². The highest BCUT2D eigenvalue weighted by Crippen LogP contribution is 2.47. The standard InChI is InChI=1S/C23H31N3O4/c1-15-21(16(2)30-26-15)19-12-17(25-22(27)23(9-10-23)14-28-3)7-8-20(19)29-13-18-6-4-5-11-24-18/h7-8,12,18,24H,4-6,9-11,13-14H2,1-3H3,(H,25,27)/t18-/m1/s1. The SMILES string of the molecule is COCC1(C(=O)Nc2ccc(OC[C@H]3CCCCN3)c(-c3c(C)noc3C)c2)CC1. The predicted octanol–water partition coefficient (Wildman–Crippen LogP) is 3.84. The number of rotatable bonds is 8. The summed E-state index contributed by atoms with van der Waals surface area (Å²) >= 11 is 0. The topological polar surface area (TPSA) is 85.6 Å². The third kappa shape index (κ3) is 4.37. The molecule has 30 heavy (non-hydrogen) atoms. The molecule has 1 aliphatic heterocycles. The van der Waals surface area contributed by atoms with Crippen LogP contribution in [0.25, 0.3) is 11.1 Å². The number of piperidine rings is 1. The van der Waals surface area contributed by atoms with Gasteiger partial charge in [-0.1, -0.05) is 11.6 Å². The number of amides is 1. The molecular weight excluding hydrogens is 382 g/mol. The minimum Gasteiger partial charge on any atom is -0.491 e. The smallest absolute Gasteiger partial charge is 0.232 e. The first-order valence-electron chi connectivity index (χ1n) is 10.8. The molecule has 1 aliphatic carbocycles. The Morgan fingerprint density at radius 2 is 2.17 bits per heavy atom. The minimum absolute atomic E-state index is 0.00846. The van der Waals surface area contributed by atoms with E-state index < -0.39 is 0 Å². The summed E-state index contributed by atoms with van der Waals surface area (Å²) in [5.74, 6) is 1.51. The van der Waals surface area contributed by atoms with Crippen LogP contribution >= 0.6 is 0 Å². The lowest BCUT2D eigenvalue weighted by Gasteiger charge is -2.24. The highest BCUT2D eigenvalue weighted by atomic mass is 16.5. The van der Waals surface area contributed by atoms with Crippen LogP contribution in [-0.4, -0.2) is 44.0 Å². The fraction of sp³-hybridized carbons (Fsp3) is 0.565. The van der Waals surface area contributed by atoms with Crippen molar-refractivity contribution in [3.05, 3.63) is 29.7 Å². The van der Waals surface area contributed by atoms with Crippen LogP contribution < -0.4 is 15.4 Å². The zero-order valence-corrected chi connectivity index (χ0v) is 18.0. The molecule has 0 spiro atoms. The summed E-state index contributed by atoms with van der Waals surface area (Å²) in [6, 6.07) is 6.14. The van der Waals surface area contributed by atoms with E-state index in [0.29, 0.717) is 19.3 Å². The van der Waals surface area contributed by atoms with Crippen LogP contribution in [0.4, 0.5) is 5.69 Å². The van der Waals surface area contributed by atoms with Crippen molar-refractivity contribution in [1.82, 2.24) is 10.5 Å². The molecule has 162 valence electrons. The van der Waals surface area contributed by atoms with Crippen LogP contribution in [0, 0.1) is 19.3 Å². The van der Waals surface area contributed by atoms with E-state index in [1.165, 1.54) is 12.8 Å². The molecule has 1 saturated carbocycles. The number of nitrogens with zero attached hydrogens (tertiary/aromatic N) is 1. The Kier molecular flexibility index (Phi) is 6.11. The fourth-order valence-corrected chi connectivity index (χ4v) is 4.18. The third-order valence-corrected chi connectivity index (χ3v) is 6.15. The summed E-state index contributed by atoms with van der Waals surface area (Å²) in [6.07, 6.45) is 5.29. The Balaban J connectivity index is 1.58. The summed E-state index contributed by atoms with van der Waals surface area (Å²) < 4.78 is 16.9. The first kappa shape index (κ1) is 20.9. The highest BCUT2D eigenvalue weighted by Gasteiger charge is 2.49. The summed E-state index contributed by atoms with van der Waals surface area (Å²) in [4.78, 5) is 12.8. The van der Waals surface area contributed by atoms with E-state index in [0.717, 1.165) is 59.8 Å². The second-order valence-corrected chi connectivity index (χ2v) is 8.54. The summed E-state index contributed by atoms with van der Waals surface area (Å²) in [6.45, 7) is 5.91. The molecule has 0 unspecified atom stereocenters. The number of carbonyl (C=O) groups is 1. The molecule has 1 amide bonds. The van der Waals surface area contributed by atoms with E-state index in [4.69, 9.17) is 14.0 Å². The van der Waals surface area contributed by atoms with Crippen LogP contribution in [0.5, 0.6) is 5.75 Å². The van der Waals surface area contributed by atoms with Crippen molar-refractivity contribution in [3.63, 3.8) is 0 Å². The van der Waals surface area contributed by atoms with Gasteiger partial charge in [0.1, 0.15) is 18.1 Å². The number of benzene rings is 1. The fourth-order valence-electron chi connectivity index (χ4n) is 4.18. The van der Waals surface area contributed by atoms with Gasteiger partial charge >= 0.3 is 0 Å². The van der Waals surface area contributed by atoms with Gasteiger partial charge in [0.15, 0.2) is 0 Å². The summed E-state index contributed by atoms with van der Waals surface area (Å²) in [7, 11) is 1.64. The second kappa shape index (κ2) is 8.78. The van der Waals surface area contributed by atoms with E-state index in [2.05, 4.69) is 15.8 Å². The van der Waals surface area contributed by atoms with Crippen LogP contribution in [0.3, 0.4) is 0 Å². The van der Waals surface area contributed by atoms with Gasteiger partial charge in [-0.05, 0) is 64.3 Å². The monoisotopic (exact) mass is 413 g/mol. The van der Waals surface area contributed by atoms with Crippen LogP contribution in [0.2, 0.25) is 0 Å². The Morgan fingerprint density at radius 3 is 2.80 bits per heavy atom. The predicted molar refractivity (Wildman–Crippen MR) is 115 cm³/mol. The highest BCUT2D eigenvalue weighted by molar-refractivity contribution is 5.98. The van der Waals surface area contributed by atoms with Gasteiger partial charge in [0.25, 0.3) is 0 Å². The molecule has 1 aromatic carbocycles. The summed E-state index contributed by atoms with van der Waals surface area (Å²) in [5, 5.41) is 10.7. The first-order valence-corrected chi connectivity index (χ1v) is 10.8. The van der Waals surface area contributed by atoms with Gasteiger partial charge in [0, 0.05) is 24.4 Å². The van der Waals surface area contributed by atoms with E-state index >= 15 is 0 Å². The van der Waals surface area contributed by atoms with Gasteiger partial charge < -0.3 is 24.6 Å². The maximum absolute atomic E-state index is 12.8. The van der Waals surface area contributed by atoms with Crippen LogP contribution in [-0.2, 0) is 9.53 Å². The van der Waals surface area contributed by atoms with E-state index in [-0.39, 0.29) is 11.3 Å².